The smallest absolute Gasteiger partial charge is 0.410 e. The summed E-state index contributed by atoms with van der Waals surface area (Å²) < 4.78 is 16.8. The number of carbonyl (C=O) groups excluding carboxylic acids is 3. The number of hydrogen-bond donors (Lipinski definition) is 1. The molecule has 0 aliphatic heterocycles. The third kappa shape index (κ3) is 8.09. The quantitative estimate of drug-likeness (QED) is 0.278. The first-order valence-electron chi connectivity index (χ1n) is 14.4. The molecule has 234 valence electrons. The summed E-state index contributed by atoms with van der Waals surface area (Å²) in [5, 5.41) is 11.6. The Hall–Kier alpha value is -4.08. The molecule has 9 nitrogen and oxygen atoms in total. The molecular weight excluding hydrogens is 584 g/mol. The summed E-state index contributed by atoms with van der Waals surface area (Å²) in [6, 6.07) is 17.4. The summed E-state index contributed by atoms with van der Waals surface area (Å²) in [5.74, 6) is 0.136. The van der Waals surface area contributed by atoms with Crippen molar-refractivity contribution in [3.63, 3.8) is 0 Å². The van der Waals surface area contributed by atoms with Crippen molar-refractivity contribution in [1.82, 2.24) is 4.90 Å². The highest BCUT2D eigenvalue weighted by molar-refractivity contribution is 6.30. The van der Waals surface area contributed by atoms with E-state index in [1.807, 2.05) is 39.0 Å². The lowest BCUT2D eigenvalue weighted by molar-refractivity contribution is -0.116. The van der Waals surface area contributed by atoms with E-state index in [0.29, 0.717) is 40.6 Å². The number of methoxy groups -OCH3 is 1. The number of aryl methyl sites for hydroxylation is 1. The Bertz CT molecular complexity index is 1530. The summed E-state index contributed by atoms with van der Waals surface area (Å²) in [6.07, 6.45) is 0.508. The van der Waals surface area contributed by atoms with Gasteiger partial charge in [0, 0.05) is 25.0 Å². The van der Waals surface area contributed by atoms with Gasteiger partial charge in [0.25, 0.3) is 0 Å². The summed E-state index contributed by atoms with van der Waals surface area (Å²) in [7, 11) is 2.86. The Balaban J connectivity index is 1.58. The van der Waals surface area contributed by atoms with Crippen LogP contribution in [0.4, 0.5) is 10.5 Å². The van der Waals surface area contributed by atoms with Gasteiger partial charge in [-0.1, -0.05) is 29.8 Å². The third-order valence-corrected chi connectivity index (χ3v) is 7.73. The molecule has 10 heteroatoms. The van der Waals surface area contributed by atoms with Gasteiger partial charge >= 0.3 is 12.1 Å². The van der Waals surface area contributed by atoms with Crippen LogP contribution in [-0.2, 0) is 27.1 Å². The second-order valence-corrected chi connectivity index (χ2v) is 12.3. The lowest BCUT2D eigenvalue weighted by Gasteiger charge is -2.37. The van der Waals surface area contributed by atoms with Crippen LogP contribution in [-0.4, -0.2) is 60.3 Å². The lowest BCUT2D eigenvalue weighted by Crippen LogP contribution is -2.47. The van der Waals surface area contributed by atoms with Gasteiger partial charge in [0.1, 0.15) is 17.1 Å². The van der Waals surface area contributed by atoms with Crippen LogP contribution < -0.4 is 9.64 Å². The molecule has 2 atom stereocenters. The molecule has 0 unspecified atom stereocenters. The molecule has 3 aromatic rings. The monoisotopic (exact) mass is 622 g/mol. The summed E-state index contributed by atoms with van der Waals surface area (Å²) in [5.41, 5.74) is 2.67. The number of hydrogen-bond acceptors (Lipinski definition) is 7. The van der Waals surface area contributed by atoms with Gasteiger partial charge in [-0.3, -0.25) is 4.79 Å². The number of ether oxygens (including phenoxy) is 3. The van der Waals surface area contributed by atoms with Crippen molar-refractivity contribution < 1.29 is 33.7 Å². The number of fused-ring (bicyclic) bond motifs is 1. The van der Waals surface area contributed by atoms with E-state index in [1.165, 1.54) is 18.9 Å². The standard InChI is InChI=1S/C34H39ClN2O7/c1-21(38)36(5)30-15-14-28(19-29(30)32(40)42-6)43-27-13-11-22-10-12-26(17-24(22)18-27)37(33(41)44-34(2,3)4)20-31(39)23-8-7-9-25(35)16-23/h7-9,11,13-16,18-19,26,31,39H,10,12,17,20H2,1-6H3/t26-,31-/m0/s1. The fourth-order valence-electron chi connectivity index (χ4n) is 5.19. The Morgan fingerprint density at radius 1 is 1.02 bits per heavy atom. The second kappa shape index (κ2) is 13.7. The van der Waals surface area contributed by atoms with E-state index in [-0.39, 0.29) is 24.1 Å². The largest absolute Gasteiger partial charge is 0.465 e. The normalized spacial score (nSPS) is 15.0. The van der Waals surface area contributed by atoms with Crippen molar-refractivity contribution in [2.75, 3.05) is 25.6 Å². The Labute approximate surface area is 263 Å². The topological polar surface area (TPSA) is 106 Å². The van der Waals surface area contributed by atoms with E-state index < -0.39 is 23.8 Å². The number of anilines is 1. The predicted molar refractivity (Wildman–Crippen MR) is 169 cm³/mol. The molecule has 44 heavy (non-hydrogen) atoms. The van der Waals surface area contributed by atoms with Gasteiger partial charge in [-0.15, -0.1) is 0 Å². The number of aliphatic hydroxyl groups excluding tert-OH is 1. The molecule has 1 aliphatic rings. The first-order chi connectivity index (χ1) is 20.8. The van der Waals surface area contributed by atoms with Gasteiger partial charge < -0.3 is 29.1 Å². The minimum Gasteiger partial charge on any atom is -0.465 e. The van der Waals surface area contributed by atoms with Gasteiger partial charge in [0.2, 0.25) is 5.91 Å². The number of nitrogens with zero attached hydrogens (tertiary/aromatic N) is 2. The zero-order valence-corrected chi connectivity index (χ0v) is 26.7. The predicted octanol–water partition coefficient (Wildman–Crippen LogP) is 6.73. The molecule has 2 amide bonds. The maximum absolute atomic E-state index is 13.4. The van der Waals surface area contributed by atoms with E-state index in [9.17, 15) is 19.5 Å². The molecule has 1 N–H and O–H groups in total. The highest BCUT2D eigenvalue weighted by atomic mass is 35.5. The van der Waals surface area contributed by atoms with E-state index in [1.54, 1.807) is 54.4 Å². The van der Waals surface area contributed by atoms with Crippen molar-refractivity contribution in [3.8, 4) is 11.5 Å². The molecular formula is C34H39ClN2O7. The van der Waals surface area contributed by atoms with E-state index >= 15 is 0 Å². The number of rotatable bonds is 8. The maximum Gasteiger partial charge on any atom is 0.410 e. The summed E-state index contributed by atoms with van der Waals surface area (Å²) in [6.45, 7) is 6.89. The Morgan fingerprint density at radius 2 is 1.73 bits per heavy atom. The number of esters is 1. The fraction of sp³-hybridized carbons (Fsp3) is 0.382. The van der Waals surface area contributed by atoms with Crippen molar-refractivity contribution in [1.29, 1.82) is 0 Å². The van der Waals surface area contributed by atoms with Gasteiger partial charge in [-0.05, 0) is 99.2 Å². The van der Waals surface area contributed by atoms with Gasteiger partial charge in [-0.2, -0.15) is 0 Å². The number of benzene rings is 3. The summed E-state index contributed by atoms with van der Waals surface area (Å²) >= 11 is 6.15. The SMILES string of the molecule is COC(=O)c1cc(Oc2ccc3c(c2)C[C@@H](N(C[C@H](O)c2cccc(Cl)c2)C(=O)OC(C)(C)C)CC3)ccc1N(C)C(C)=O. The van der Waals surface area contributed by atoms with Gasteiger partial charge in [-0.25, -0.2) is 9.59 Å². The van der Waals surface area contributed by atoms with E-state index in [0.717, 1.165) is 17.5 Å². The fourth-order valence-corrected chi connectivity index (χ4v) is 5.39. The average molecular weight is 623 g/mol. The van der Waals surface area contributed by atoms with Crippen molar-refractivity contribution in [2.24, 2.45) is 0 Å². The van der Waals surface area contributed by atoms with Gasteiger partial charge in [0.05, 0.1) is 31.0 Å². The molecule has 0 saturated heterocycles. The first-order valence-corrected chi connectivity index (χ1v) is 14.8. The molecule has 0 heterocycles. The Morgan fingerprint density at radius 3 is 2.39 bits per heavy atom. The molecule has 4 rings (SSSR count). The number of amides is 2. The number of halogens is 1. The molecule has 0 radical (unpaired) electrons. The van der Waals surface area contributed by atoms with E-state index in [2.05, 4.69) is 0 Å². The molecule has 0 saturated carbocycles. The van der Waals surface area contributed by atoms with Crippen LogP contribution in [0.2, 0.25) is 5.02 Å². The summed E-state index contributed by atoms with van der Waals surface area (Å²) in [4.78, 5) is 40.8. The first kappa shape index (κ1) is 32.8. The Kier molecular flexibility index (Phi) is 10.2. The van der Waals surface area contributed by atoms with Crippen LogP contribution >= 0.6 is 11.6 Å². The minimum atomic E-state index is -0.952. The van der Waals surface area contributed by atoms with Gasteiger partial charge in [0.15, 0.2) is 0 Å². The minimum absolute atomic E-state index is 0.0445. The number of carbonyl (C=O) groups is 3. The average Bonchev–Trinajstić information content (AvgIpc) is 2.97. The lowest BCUT2D eigenvalue weighted by atomic mass is 9.87. The van der Waals surface area contributed by atoms with Crippen molar-refractivity contribution >= 4 is 35.3 Å². The van der Waals surface area contributed by atoms with Crippen LogP contribution in [0.5, 0.6) is 11.5 Å². The van der Waals surface area contributed by atoms with Crippen molar-refractivity contribution in [2.45, 2.75) is 64.7 Å². The van der Waals surface area contributed by atoms with Crippen LogP contribution in [0.25, 0.3) is 0 Å². The zero-order chi connectivity index (χ0) is 32.2. The molecule has 0 bridgehead atoms. The van der Waals surface area contributed by atoms with Crippen LogP contribution in [0.15, 0.2) is 60.7 Å². The van der Waals surface area contributed by atoms with Crippen LogP contribution in [0.3, 0.4) is 0 Å². The molecule has 0 fully saturated rings. The maximum atomic E-state index is 13.4. The molecule has 0 spiro atoms. The molecule has 0 aromatic heterocycles. The van der Waals surface area contributed by atoms with E-state index in [4.69, 9.17) is 25.8 Å². The highest BCUT2D eigenvalue weighted by Crippen LogP contribution is 2.33. The molecule has 3 aromatic carbocycles. The van der Waals surface area contributed by atoms with Crippen molar-refractivity contribution in [3.05, 3.63) is 87.9 Å². The third-order valence-electron chi connectivity index (χ3n) is 7.49. The van der Waals surface area contributed by atoms with Crippen LogP contribution in [0.1, 0.15) is 67.3 Å². The second-order valence-electron chi connectivity index (χ2n) is 11.9. The molecule has 1 aliphatic carbocycles. The number of aliphatic hydroxyl groups is 1. The zero-order valence-electron chi connectivity index (χ0n) is 25.9. The van der Waals surface area contributed by atoms with Crippen LogP contribution in [0, 0.1) is 0 Å². The highest BCUT2D eigenvalue weighted by Gasteiger charge is 2.33.